The number of amides is 1. The number of morpholine rings is 1. The van der Waals surface area contributed by atoms with Crippen LogP contribution in [0.3, 0.4) is 0 Å². The molecular formula is C24H28FN3O6S2. The zero-order chi connectivity index (χ0) is 25.7. The summed E-state index contributed by atoms with van der Waals surface area (Å²) in [6, 6.07) is 7.93. The maximum atomic E-state index is 13.4. The SMILES string of the molecule is COc1ccc(OC)c2sc(N(CCCN3CCOCC3)C(=O)CS(=O)(=O)c3ccc(F)cc3)nc12. The van der Waals surface area contributed by atoms with Crippen LogP contribution >= 0.6 is 11.3 Å². The highest BCUT2D eigenvalue weighted by Gasteiger charge is 2.28. The van der Waals surface area contributed by atoms with Crippen LogP contribution in [0.1, 0.15) is 6.42 Å². The number of hydrogen-bond donors (Lipinski definition) is 0. The Morgan fingerprint density at radius 1 is 1.11 bits per heavy atom. The zero-order valence-corrected chi connectivity index (χ0v) is 21.7. The van der Waals surface area contributed by atoms with Crippen LogP contribution in [0.25, 0.3) is 10.2 Å². The lowest BCUT2D eigenvalue weighted by molar-refractivity contribution is -0.116. The van der Waals surface area contributed by atoms with Gasteiger partial charge in [-0.05, 0) is 42.8 Å². The molecule has 0 bridgehead atoms. The van der Waals surface area contributed by atoms with E-state index in [9.17, 15) is 17.6 Å². The summed E-state index contributed by atoms with van der Waals surface area (Å²) in [5, 5.41) is 0.356. The Labute approximate surface area is 213 Å². The number of methoxy groups -OCH3 is 2. The number of anilines is 1. The van der Waals surface area contributed by atoms with Crippen LogP contribution in [-0.2, 0) is 19.4 Å². The number of fused-ring (bicyclic) bond motifs is 1. The van der Waals surface area contributed by atoms with Crippen molar-refractivity contribution in [1.82, 2.24) is 9.88 Å². The summed E-state index contributed by atoms with van der Waals surface area (Å²) in [4.78, 5) is 21.6. The summed E-state index contributed by atoms with van der Waals surface area (Å²) in [6.45, 7) is 3.95. The molecule has 194 valence electrons. The fraction of sp³-hybridized carbons (Fsp3) is 0.417. The van der Waals surface area contributed by atoms with Crippen molar-refractivity contribution in [2.45, 2.75) is 11.3 Å². The van der Waals surface area contributed by atoms with Crippen molar-refractivity contribution in [3.63, 3.8) is 0 Å². The third kappa shape index (κ3) is 5.94. The van der Waals surface area contributed by atoms with E-state index in [0.29, 0.717) is 46.5 Å². The maximum Gasteiger partial charge on any atom is 0.244 e. The van der Waals surface area contributed by atoms with Crippen molar-refractivity contribution >= 4 is 42.4 Å². The Morgan fingerprint density at radius 2 is 1.78 bits per heavy atom. The number of carbonyl (C=O) groups is 1. The molecule has 1 aliphatic heterocycles. The summed E-state index contributed by atoms with van der Waals surface area (Å²) < 4.78 is 56.1. The lowest BCUT2D eigenvalue weighted by Gasteiger charge is -2.27. The van der Waals surface area contributed by atoms with E-state index in [4.69, 9.17) is 14.2 Å². The number of carbonyl (C=O) groups excluding carboxylic acids is 1. The van der Waals surface area contributed by atoms with Gasteiger partial charge in [-0.25, -0.2) is 17.8 Å². The van der Waals surface area contributed by atoms with Crippen LogP contribution in [0, 0.1) is 5.82 Å². The zero-order valence-electron chi connectivity index (χ0n) is 20.1. The quantitative estimate of drug-likeness (QED) is 0.364. The first-order valence-corrected chi connectivity index (χ1v) is 13.9. The molecule has 9 nitrogen and oxygen atoms in total. The molecule has 0 radical (unpaired) electrons. The van der Waals surface area contributed by atoms with Gasteiger partial charge < -0.3 is 14.2 Å². The Morgan fingerprint density at radius 3 is 2.44 bits per heavy atom. The van der Waals surface area contributed by atoms with E-state index in [0.717, 1.165) is 43.9 Å². The van der Waals surface area contributed by atoms with E-state index in [-0.39, 0.29) is 11.4 Å². The van der Waals surface area contributed by atoms with Gasteiger partial charge in [0, 0.05) is 26.2 Å². The monoisotopic (exact) mass is 537 g/mol. The molecule has 3 aromatic rings. The Kier molecular flexibility index (Phi) is 8.39. The highest BCUT2D eigenvalue weighted by Crippen LogP contribution is 2.40. The van der Waals surface area contributed by atoms with Gasteiger partial charge >= 0.3 is 0 Å². The van der Waals surface area contributed by atoms with Crippen molar-refractivity contribution in [2.75, 3.05) is 64.3 Å². The van der Waals surface area contributed by atoms with Gasteiger partial charge in [-0.2, -0.15) is 0 Å². The van der Waals surface area contributed by atoms with Gasteiger partial charge in [-0.15, -0.1) is 0 Å². The van der Waals surface area contributed by atoms with Crippen molar-refractivity contribution in [3.05, 3.63) is 42.2 Å². The molecule has 1 aromatic heterocycles. The van der Waals surface area contributed by atoms with Gasteiger partial charge in [0.2, 0.25) is 5.91 Å². The molecule has 36 heavy (non-hydrogen) atoms. The lowest BCUT2D eigenvalue weighted by atomic mass is 10.3. The summed E-state index contributed by atoms with van der Waals surface area (Å²) in [7, 11) is -0.916. The van der Waals surface area contributed by atoms with Crippen LogP contribution in [0.4, 0.5) is 9.52 Å². The summed E-state index contributed by atoms with van der Waals surface area (Å²) in [6.07, 6.45) is 0.618. The standard InChI is InChI=1S/C24H28FN3O6S2/c1-32-19-8-9-20(33-2)23-22(19)26-24(35-23)28(11-3-10-27-12-14-34-15-13-27)21(29)16-36(30,31)18-6-4-17(25)5-7-18/h4-9H,3,10-16H2,1-2H3. The van der Waals surface area contributed by atoms with E-state index in [2.05, 4.69) is 9.88 Å². The molecule has 4 rings (SSSR count). The van der Waals surface area contributed by atoms with Crippen LogP contribution < -0.4 is 14.4 Å². The second kappa shape index (κ2) is 11.5. The molecule has 2 heterocycles. The second-order valence-corrected chi connectivity index (χ2v) is 11.2. The Balaban J connectivity index is 1.62. The molecule has 0 spiro atoms. The molecule has 1 saturated heterocycles. The molecule has 0 aliphatic carbocycles. The third-order valence-electron chi connectivity index (χ3n) is 5.88. The van der Waals surface area contributed by atoms with Crippen LogP contribution in [0.5, 0.6) is 11.5 Å². The van der Waals surface area contributed by atoms with Crippen LogP contribution in [0.15, 0.2) is 41.3 Å². The summed E-state index contributed by atoms with van der Waals surface area (Å²) in [5.41, 5.74) is 0.532. The third-order valence-corrected chi connectivity index (χ3v) is 8.59. The second-order valence-electron chi connectivity index (χ2n) is 8.21. The molecule has 2 aromatic carbocycles. The molecule has 1 aliphatic rings. The van der Waals surface area contributed by atoms with E-state index < -0.39 is 27.3 Å². The molecule has 0 atom stereocenters. The number of ether oxygens (including phenoxy) is 3. The van der Waals surface area contributed by atoms with Gasteiger partial charge in [-0.3, -0.25) is 14.6 Å². The smallest absolute Gasteiger partial charge is 0.244 e. The van der Waals surface area contributed by atoms with Crippen molar-refractivity contribution in [1.29, 1.82) is 0 Å². The number of hydrogen-bond acceptors (Lipinski definition) is 9. The number of halogens is 1. The Hall–Kier alpha value is -2.80. The predicted molar refractivity (Wildman–Crippen MR) is 135 cm³/mol. The van der Waals surface area contributed by atoms with Gasteiger partial charge in [0.05, 0.1) is 32.3 Å². The van der Waals surface area contributed by atoms with Crippen molar-refractivity contribution in [3.8, 4) is 11.5 Å². The topological polar surface area (TPSA) is 98.3 Å². The minimum atomic E-state index is -3.99. The number of sulfone groups is 1. The fourth-order valence-electron chi connectivity index (χ4n) is 3.96. The van der Waals surface area contributed by atoms with E-state index in [1.807, 2.05) is 0 Å². The number of nitrogens with zero attached hydrogens (tertiary/aromatic N) is 3. The van der Waals surface area contributed by atoms with E-state index in [1.165, 1.54) is 23.3 Å². The number of thiazole rings is 1. The van der Waals surface area contributed by atoms with E-state index >= 15 is 0 Å². The van der Waals surface area contributed by atoms with Gasteiger partial charge in [0.25, 0.3) is 0 Å². The molecule has 1 amide bonds. The average Bonchev–Trinajstić information content (AvgIpc) is 3.31. The lowest BCUT2D eigenvalue weighted by Crippen LogP contribution is -2.40. The van der Waals surface area contributed by atoms with Crippen molar-refractivity contribution < 1.29 is 31.8 Å². The number of aromatic nitrogens is 1. The minimum absolute atomic E-state index is 0.113. The van der Waals surface area contributed by atoms with Gasteiger partial charge in [0.1, 0.15) is 33.3 Å². The minimum Gasteiger partial charge on any atom is -0.495 e. The van der Waals surface area contributed by atoms with Gasteiger partial charge in [-0.1, -0.05) is 11.3 Å². The number of rotatable bonds is 10. The van der Waals surface area contributed by atoms with E-state index in [1.54, 1.807) is 19.2 Å². The summed E-state index contributed by atoms with van der Waals surface area (Å²) in [5.74, 6) is -0.830. The van der Waals surface area contributed by atoms with Crippen LogP contribution in [0.2, 0.25) is 0 Å². The maximum absolute atomic E-state index is 13.4. The highest BCUT2D eigenvalue weighted by atomic mass is 32.2. The van der Waals surface area contributed by atoms with Crippen molar-refractivity contribution in [2.24, 2.45) is 0 Å². The molecule has 0 N–H and O–H groups in total. The molecule has 12 heteroatoms. The normalized spacial score (nSPS) is 14.6. The summed E-state index contributed by atoms with van der Waals surface area (Å²) >= 11 is 1.24. The Bertz CT molecular complexity index is 1270. The first kappa shape index (κ1) is 26.3. The molecule has 0 unspecified atom stereocenters. The first-order valence-electron chi connectivity index (χ1n) is 11.4. The largest absolute Gasteiger partial charge is 0.495 e. The average molecular weight is 538 g/mol. The molecule has 0 saturated carbocycles. The molecule has 1 fully saturated rings. The highest BCUT2D eigenvalue weighted by molar-refractivity contribution is 7.92. The molecular weight excluding hydrogens is 509 g/mol. The predicted octanol–water partition coefficient (Wildman–Crippen LogP) is 2.98. The van der Waals surface area contributed by atoms with Crippen LogP contribution in [-0.4, -0.2) is 83.6 Å². The number of benzene rings is 2. The first-order chi connectivity index (χ1) is 17.3. The van der Waals surface area contributed by atoms with Gasteiger partial charge in [0.15, 0.2) is 15.0 Å². The fourth-order valence-corrected chi connectivity index (χ4v) is 6.28.